The molecule has 0 unspecified atom stereocenters. The molecule has 0 fully saturated rings. The second-order valence-corrected chi connectivity index (χ2v) is 7.53. The van der Waals surface area contributed by atoms with Gasteiger partial charge in [0.2, 0.25) is 5.91 Å². The van der Waals surface area contributed by atoms with E-state index in [0.717, 1.165) is 50.1 Å². The Hall–Kier alpha value is -3.14. The summed E-state index contributed by atoms with van der Waals surface area (Å²) in [5.41, 5.74) is 3.56. The minimum atomic E-state index is 0.0434. The van der Waals surface area contributed by atoms with Crippen LogP contribution in [0, 0.1) is 0 Å². The van der Waals surface area contributed by atoms with Gasteiger partial charge in [-0.3, -0.25) is 4.79 Å². The Bertz CT molecular complexity index is 1120. The number of nitrogens with zero attached hydrogens (tertiary/aromatic N) is 2. The molecule has 29 heavy (non-hydrogen) atoms. The zero-order chi connectivity index (χ0) is 20.1. The van der Waals surface area contributed by atoms with E-state index in [-0.39, 0.29) is 5.91 Å². The highest BCUT2D eigenvalue weighted by atomic mass is 16.1. The Morgan fingerprint density at radius 2 is 1.72 bits per heavy atom. The van der Waals surface area contributed by atoms with Crippen molar-refractivity contribution in [1.29, 1.82) is 0 Å². The van der Waals surface area contributed by atoms with Crippen molar-refractivity contribution in [2.45, 2.75) is 39.2 Å². The smallest absolute Gasteiger partial charge is 0.216 e. The molecule has 4 rings (SSSR count). The second kappa shape index (κ2) is 8.91. The van der Waals surface area contributed by atoms with E-state index in [1.165, 1.54) is 21.9 Å². The lowest BCUT2D eigenvalue weighted by Crippen LogP contribution is -2.20. The van der Waals surface area contributed by atoms with Gasteiger partial charge in [-0.15, -0.1) is 0 Å². The van der Waals surface area contributed by atoms with Gasteiger partial charge in [0, 0.05) is 26.4 Å². The van der Waals surface area contributed by atoms with Crippen molar-refractivity contribution in [2.75, 3.05) is 6.54 Å². The maximum Gasteiger partial charge on any atom is 0.216 e. The highest BCUT2D eigenvalue weighted by Crippen LogP contribution is 2.24. The zero-order valence-corrected chi connectivity index (χ0v) is 16.9. The number of carbonyl (C=O) groups excluding carboxylic acids is 1. The Labute approximate surface area is 171 Å². The number of para-hydroxylation sites is 2. The molecule has 4 nitrogen and oxygen atoms in total. The molecule has 0 radical (unpaired) electrons. The van der Waals surface area contributed by atoms with E-state index in [0.29, 0.717) is 0 Å². The van der Waals surface area contributed by atoms with Gasteiger partial charge in [-0.1, -0.05) is 61.0 Å². The Morgan fingerprint density at radius 3 is 2.62 bits per heavy atom. The predicted molar refractivity (Wildman–Crippen MR) is 119 cm³/mol. The molecule has 4 heteroatoms. The molecule has 0 spiro atoms. The van der Waals surface area contributed by atoms with Crippen molar-refractivity contribution in [3.05, 3.63) is 78.1 Å². The number of amides is 1. The molecule has 0 saturated carbocycles. The monoisotopic (exact) mass is 385 g/mol. The number of aromatic nitrogens is 2. The number of aryl methyl sites for hydroxylation is 1. The molecular weight excluding hydrogens is 358 g/mol. The molecule has 0 bridgehead atoms. The molecule has 3 aromatic carbocycles. The number of hydrogen-bond donors (Lipinski definition) is 1. The van der Waals surface area contributed by atoms with Crippen LogP contribution in [0.25, 0.3) is 21.8 Å². The summed E-state index contributed by atoms with van der Waals surface area (Å²) in [5, 5.41) is 5.44. The number of benzene rings is 3. The minimum absolute atomic E-state index is 0.0434. The molecule has 0 atom stereocenters. The first kappa shape index (κ1) is 19.2. The number of fused-ring (bicyclic) bond motifs is 2. The molecule has 1 amide bonds. The molecule has 1 aromatic heterocycles. The summed E-state index contributed by atoms with van der Waals surface area (Å²) in [6.45, 7) is 3.14. The van der Waals surface area contributed by atoms with Crippen molar-refractivity contribution in [3.8, 4) is 0 Å². The molecule has 1 heterocycles. The summed E-state index contributed by atoms with van der Waals surface area (Å²) in [7, 11) is 0. The molecular formula is C25H27N3O. The summed E-state index contributed by atoms with van der Waals surface area (Å²) in [4.78, 5) is 15.9. The first-order valence-corrected chi connectivity index (χ1v) is 10.4. The Balaban J connectivity index is 1.56. The molecule has 0 aliphatic carbocycles. The third-order valence-corrected chi connectivity index (χ3v) is 5.39. The lowest BCUT2D eigenvalue weighted by molar-refractivity contribution is -0.118. The fourth-order valence-corrected chi connectivity index (χ4v) is 3.94. The van der Waals surface area contributed by atoms with Crippen LogP contribution in [-0.2, 0) is 17.8 Å². The van der Waals surface area contributed by atoms with Crippen LogP contribution in [0.3, 0.4) is 0 Å². The molecule has 0 saturated heterocycles. The first-order valence-electron chi connectivity index (χ1n) is 10.4. The molecule has 148 valence electrons. The normalized spacial score (nSPS) is 11.2. The molecule has 0 aliphatic rings. The number of nitrogens with one attached hydrogen (secondary N) is 1. The van der Waals surface area contributed by atoms with E-state index in [1.54, 1.807) is 6.92 Å². The average molecular weight is 386 g/mol. The van der Waals surface area contributed by atoms with Crippen molar-refractivity contribution in [2.24, 2.45) is 0 Å². The van der Waals surface area contributed by atoms with Crippen LogP contribution >= 0.6 is 0 Å². The van der Waals surface area contributed by atoms with E-state index in [9.17, 15) is 4.79 Å². The van der Waals surface area contributed by atoms with Gasteiger partial charge in [0.15, 0.2) is 0 Å². The van der Waals surface area contributed by atoms with E-state index in [2.05, 4.69) is 76.6 Å². The molecule has 4 aromatic rings. The number of unbranched alkanes of at least 4 members (excludes halogenated alkanes) is 2. The summed E-state index contributed by atoms with van der Waals surface area (Å²) in [6.07, 6.45) is 4.10. The predicted octanol–water partition coefficient (Wildman–Crippen LogP) is 5.09. The summed E-state index contributed by atoms with van der Waals surface area (Å²) >= 11 is 0. The summed E-state index contributed by atoms with van der Waals surface area (Å²) < 4.78 is 2.37. The zero-order valence-electron chi connectivity index (χ0n) is 16.9. The number of carbonyl (C=O) groups is 1. The molecule has 0 aliphatic heterocycles. The van der Waals surface area contributed by atoms with Gasteiger partial charge in [0.25, 0.3) is 0 Å². The highest BCUT2D eigenvalue weighted by molar-refractivity contribution is 5.86. The van der Waals surface area contributed by atoms with Crippen LogP contribution in [0.2, 0.25) is 0 Å². The number of imidazole rings is 1. The Morgan fingerprint density at radius 1 is 0.931 bits per heavy atom. The first-order chi connectivity index (χ1) is 14.2. The second-order valence-electron chi connectivity index (χ2n) is 7.53. The van der Waals surface area contributed by atoms with Gasteiger partial charge in [0.05, 0.1) is 11.0 Å². The SMILES string of the molecule is CC(=O)NCCCCCc1nc2ccccc2n1Cc1cccc2ccccc12. The number of hydrogen-bond acceptors (Lipinski definition) is 2. The van der Waals surface area contributed by atoms with Crippen molar-refractivity contribution < 1.29 is 4.79 Å². The van der Waals surface area contributed by atoms with Crippen LogP contribution in [-0.4, -0.2) is 22.0 Å². The molecule has 1 N–H and O–H groups in total. The van der Waals surface area contributed by atoms with Crippen molar-refractivity contribution >= 4 is 27.7 Å². The minimum Gasteiger partial charge on any atom is -0.356 e. The van der Waals surface area contributed by atoms with Gasteiger partial charge in [-0.05, 0) is 41.3 Å². The van der Waals surface area contributed by atoms with E-state index < -0.39 is 0 Å². The fourth-order valence-electron chi connectivity index (χ4n) is 3.94. The van der Waals surface area contributed by atoms with Crippen LogP contribution in [0.1, 0.15) is 37.6 Å². The largest absolute Gasteiger partial charge is 0.356 e. The highest BCUT2D eigenvalue weighted by Gasteiger charge is 2.12. The standard InChI is InChI=1S/C25H27N3O/c1-19(29)26-17-8-2-3-16-25-27-23-14-6-7-15-24(23)28(25)18-21-12-9-11-20-10-4-5-13-22(20)21/h4-7,9-15H,2-3,8,16-18H2,1H3,(H,26,29). The van der Waals surface area contributed by atoms with Crippen molar-refractivity contribution in [3.63, 3.8) is 0 Å². The van der Waals surface area contributed by atoms with Gasteiger partial charge < -0.3 is 9.88 Å². The third kappa shape index (κ3) is 4.48. The van der Waals surface area contributed by atoms with Gasteiger partial charge in [0.1, 0.15) is 5.82 Å². The maximum absolute atomic E-state index is 11.0. The van der Waals surface area contributed by atoms with E-state index in [1.807, 2.05) is 0 Å². The quantitative estimate of drug-likeness (QED) is 0.430. The van der Waals surface area contributed by atoms with Crippen LogP contribution in [0.15, 0.2) is 66.7 Å². The maximum atomic E-state index is 11.0. The summed E-state index contributed by atoms with van der Waals surface area (Å²) in [5.74, 6) is 1.18. The van der Waals surface area contributed by atoms with E-state index >= 15 is 0 Å². The van der Waals surface area contributed by atoms with Gasteiger partial charge in [-0.2, -0.15) is 0 Å². The van der Waals surface area contributed by atoms with Gasteiger partial charge in [-0.25, -0.2) is 4.98 Å². The fraction of sp³-hybridized carbons (Fsp3) is 0.280. The van der Waals surface area contributed by atoms with Crippen LogP contribution in [0.4, 0.5) is 0 Å². The lowest BCUT2D eigenvalue weighted by Gasteiger charge is -2.12. The topological polar surface area (TPSA) is 46.9 Å². The Kier molecular flexibility index (Phi) is 5.89. The lowest BCUT2D eigenvalue weighted by atomic mass is 10.0. The van der Waals surface area contributed by atoms with E-state index in [4.69, 9.17) is 4.98 Å². The number of rotatable bonds is 8. The van der Waals surface area contributed by atoms with Crippen LogP contribution in [0.5, 0.6) is 0 Å². The summed E-state index contributed by atoms with van der Waals surface area (Å²) in [6, 6.07) is 23.5. The third-order valence-electron chi connectivity index (χ3n) is 5.39. The van der Waals surface area contributed by atoms with Crippen molar-refractivity contribution in [1.82, 2.24) is 14.9 Å². The van der Waals surface area contributed by atoms with Gasteiger partial charge >= 0.3 is 0 Å². The van der Waals surface area contributed by atoms with Crippen LogP contribution < -0.4 is 5.32 Å². The average Bonchev–Trinajstić information content (AvgIpc) is 3.08.